The van der Waals surface area contributed by atoms with Crippen LogP contribution in [0.1, 0.15) is 0 Å². The van der Waals surface area contributed by atoms with E-state index in [9.17, 15) is 17.2 Å². The Morgan fingerprint density at radius 1 is 1.23 bits per heavy atom. The fourth-order valence-electron chi connectivity index (χ4n) is 0.697. The van der Waals surface area contributed by atoms with E-state index in [1.54, 1.807) is 0 Å². The quantitative estimate of drug-likeness (QED) is 0.785. The van der Waals surface area contributed by atoms with Crippen LogP contribution in [-0.2, 0) is 10.0 Å². The van der Waals surface area contributed by atoms with Gasteiger partial charge < -0.3 is 0 Å². The molecular formula is C6H4BrF2NO2S. The van der Waals surface area contributed by atoms with Crippen molar-refractivity contribution in [1.29, 1.82) is 0 Å². The first-order valence-corrected chi connectivity index (χ1v) is 5.33. The summed E-state index contributed by atoms with van der Waals surface area (Å²) in [6.07, 6.45) is 0. The third kappa shape index (κ3) is 2.23. The molecule has 0 aliphatic carbocycles. The van der Waals surface area contributed by atoms with Gasteiger partial charge in [-0.3, -0.25) is 0 Å². The van der Waals surface area contributed by atoms with Crippen molar-refractivity contribution in [2.75, 3.05) is 0 Å². The molecular weight excluding hydrogens is 268 g/mol. The van der Waals surface area contributed by atoms with Gasteiger partial charge in [-0.25, -0.2) is 22.3 Å². The monoisotopic (exact) mass is 271 g/mol. The van der Waals surface area contributed by atoms with E-state index in [0.717, 1.165) is 0 Å². The van der Waals surface area contributed by atoms with E-state index in [-0.39, 0.29) is 0 Å². The van der Waals surface area contributed by atoms with Crippen LogP contribution in [0.2, 0.25) is 0 Å². The minimum atomic E-state index is -4.07. The van der Waals surface area contributed by atoms with Gasteiger partial charge in [0.15, 0.2) is 0 Å². The average Bonchev–Trinajstić information content (AvgIpc) is 1.97. The lowest BCUT2D eigenvalue weighted by Crippen LogP contribution is -2.12. The number of hydrogen-bond acceptors (Lipinski definition) is 2. The van der Waals surface area contributed by atoms with Crippen molar-refractivity contribution < 1.29 is 17.2 Å². The van der Waals surface area contributed by atoms with Crippen LogP contribution in [0.4, 0.5) is 8.78 Å². The number of rotatable bonds is 1. The van der Waals surface area contributed by atoms with Crippen LogP contribution < -0.4 is 5.14 Å². The predicted octanol–water partition coefficient (Wildman–Crippen LogP) is 1.37. The van der Waals surface area contributed by atoms with Crippen molar-refractivity contribution in [2.24, 2.45) is 5.14 Å². The SMILES string of the molecule is NS(=O)(=O)c1cc(F)c(Br)c(F)c1. The van der Waals surface area contributed by atoms with Gasteiger partial charge in [0, 0.05) is 0 Å². The van der Waals surface area contributed by atoms with Crippen LogP contribution >= 0.6 is 15.9 Å². The minimum Gasteiger partial charge on any atom is -0.225 e. The number of sulfonamides is 1. The van der Waals surface area contributed by atoms with Crippen LogP contribution in [0.15, 0.2) is 21.5 Å². The Morgan fingerprint density at radius 2 is 1.62 bits per heavy atom. The van der Waals surface area contributed by atoms with Gasteiger partial charge in [-0.1, -0.05) is 0 Å². The molecule has 13 heavy (non-hydrogen) atoms. The van der Waals surface area contributed by atoms with Gasteiger partial charge in [-0.2, -0.15) is 0 Å². The molecule has 0 fully saturated rings. The van der Waals surface area contributed by atoms with Gasteiger partial charge in [0.2, 0.25) is 10.0 Å². The summed E-state index contributed by atoms with van der Waals surface area (Å²) < 4.78 is 46.5. The van der Waals surface area contributed by atoms with E-state index >= 15 is 0 Å². The zero-order valence-electron chi connectivity index (χ0n) is 6.09. The fraction of sp³-hybridized carbons (Fsp3) is 0. The summed E-state index contributed by atoms with van der Waals surface area (Å²) in [6.45, 7) is 0. The molecule has 1 rings (SSSR count). The zero-order valence-corrected chi connectivity index (χ0v) is 8.49. The predicted molar refractivity (Wildman–Crippen MR) is 45.4 cm³/mol. The van der Waals surface area contributed by atoms with E-state index in [4.69, 9.17) is 0 Å². The summed E-state index contributed by atoms with van der Waals surface area (Å²) in [6, 6.07) is 1.28. The molecule has 0 saturated heterocycles. The number of halogens is 3. The summed E-state index contributed by atoms with van der Waals surface area (Å²) in [5.41, 5.74) is 0. The Morgan fingerprint density at radius 3 is 1.92 bits per heavy atom. The van der Waals surface area contributed by atoms with Crippen LogP contribution in [0.5, 0.6) is 0 Å². The summed E-state index contributed by atoms with van der Waals surface area (Å²) >= 11 is 2.59. The van der Waals surface area contributed by atoms with Crippen LogP contribution in [0.3, 0.4) is 0 Å². The Hall–Kier alpha value is -0.530. The second-order valence-electron chi connectivity index (χ2n) is 2.25. The van der Waals surface area contributed by atoms with Crippen molar-refractivity contribution in [3.05, 3.63) is 28.2 Å². The van der Waals surface area contributed by atoms with Crippen LogP contribution in [-0.4, -0.2) is 8.42 Å². The molecule has 0 aliphatic rings. The molecule has 0 bridgehead atoms. The van der Waals surface area contributed by atoms with E-state index in [0.29, 0.717) is 12.1 Å². The highest BCUT2D eigenvalue weighted by Gasteiger charge is 2.14. The van der Waals surface area contributed by atoms with Gasteiger partial charge in [0.25, 0.3) is 0 Å². The number of hydrogen-bond donors (Lipinski definition) is 1. The second kappa shape index (κ2) is 3.32. The van der Waals surface area contributed by atoms with E-state index < -0.39 is 31.0 Å². The number of benzene rings is 1. The van der Waals surface area contributed by atoms with E-state index in [1.165, 1.54) is 0 Å². The minimum absolute atomic E-state index is 0.417. The lowest BCUT2D eigenvalue weighted by Gasteiger charge is -2.00. The van der Waals surface area contributed by atoms with Gasteiger partial charge >= 0.3 is 0 Å². The largest absolute Gasteiger partial charge is 0.238 e. The van der Waals surface area contributed by atoms with Gasteiger partial charge in [0.05, 0.1) is 9.37 Å². The average molecular weight is 272 g/mol. The van der Waals surface area contributed by atoms with E-state index in [2.05, 4.69) is 21.1 Å². The third-order valence-electron chi connectivity index (χ3n) is 1.29. The molecule has 0 radical (unpaired) electrons. The highest BCUT2D eigenvalue weighted by Crippen LogP contribution is 2.22. The molecule has 0 saturated carbocycles. The van der Waals surface area contributed by atoms with Crippen molar-refractivity contribution in [3.63, 3.8) is 0 Å². The summed E-state index contributed by atoms with van der Waals surface area (Å²) in [7, 11) is -4.07. The molecule has 2 N–H and O–H groups in total. The Labute approximate surface area is 81.7 Å². The first kappa shape index (κ1) is 10.6. The molecule has 0 aliphatic heterocycles. The van der Waals surface area contributed by atoms with Crippen LogP contribution in [0, 0.1) is 11.6 Å². The molecule has 7 heteroatoms. The lowest BCUT2D eigenvalue weighted by atomic mass is 10.3. The number of primary sulfonamides is 1. The van der Waals surface area contributed by atoms with Crippen molar-refractivity contribution >= 4 is 26.0 Å². The molecule has 0 atom stereocenters. The van der Waals surface area contributed by atoms with Gasteiger partial charge in [-0.15, -0.1) is 0 Å². The molecule has 0 heterocycles. The highest BCUT2D eigenvalue weighted by molar-refractivity contribution is 9.10. The Bertz CT molecular complexity index is 423. The maximum Gasteiger partial charge on any atom is 0.238 e. The summed E-state index contributed by atoms with van der Waals surface area (Å²) in [4.78, 5) is -0.592. The molecule has 3 nitrogen and oxygen atoms in total. The van der Waals surface area contributed by atoms with Gasteiger partial charge in [0.1, 0.15) is 11.6 Å². The molecule has 1 aromatic rings. The van der Waals surface area contributed by atoms with Gasteiger partial charge in [-0.05, 0) is 28.1 Å². The molecule has 0 amide bonds. The molecule has 0 aromatic heterocycles. The maximum atomic E-state index is 12.8. The first-order valence-electron chi connectivity index (χ1n) is 2.99. The Balaban J connectivity index is 3.47. The molecule has 1 aromatic carbocycles. The first-order chi connectivity index (χ1) is 5.82. The van der Waals surface area contributed by atoms with E-state index in [1.807, 2.05) is 0 Å². The standard InChI is InChI=1S/C6H4BrF2NO2S/c7-6-4(8)1-3(2-5(6)9)13(10,11)12/h1-2H,(H2,10,11,12). The number of nitrogens with two attached hydrogens (primary N) is 1. The third-order valence-corrected chi connectivity index (χ3v) is 2.94. The molecule has 72 valence electrons. The van der Waals surface area contributed by atoms with Crippen LogP contribution in [0.25, 0.3) is 0 Å². The van der Waals surface area contributed by atoms with Crippen molar-refractivity contribution in [1.82, 2.24) is 0 Å². The van der Waals surface area contributed by atoms with Crippen molar-refractivity contribution in [3.8, 4) is 0 Å². The second-order valence-corrected chi connectivity index (χ2v) is 4.60. The topological polar surface area (TPSA) is 60.2 Å². The fourth-order valence-corrected chi connectivity index (χ4v) is 1.46. The summed E-state index contributed by atoms with van der Waals surface area (Å²) in [5.74, 6) is -2.02. The Kier molecular flexibility index (Phi) is 2.69. The molecule has 0 spiro atoms. The smallest absolute Gasteiger partial charge is 0.225 e. The van der Waals surface area contributed by atoms with Crippen molar-refractivity contribution in [2.45, 2.75) is 4.90 Å². The maximum absolute atomic E-state index is 12.8. The summed E-state index contributed by atoms with van der Waals surface area (Å²) in [5, 5.41) is 4.67. The highest BCUT2D eigenvalue weighted by atomic mass is 79.9. The zero-order chi connectivity index (χ0) is 10.2. The normalized spacial score (nSPS) is 11.7. The lowest BCUT2D eigenvalue weighted by molar-refractivity contribution is 0.558. The molecule has 0 unspecified atom stereocenters.